The Morgan fingerprint density at radius 3 is 2.56 bits per heavy atom. The first kappa shape index (κ1) is 10.6. The fourth-order valence-corrected chi connectivity index (χ4v) is 2.11. The maximum absolute atomic E-state index is 12.7. The van der Waals surface area contributed by atoms with Gasteiger partial charge in [0.15, 0.2) is 10.8 Å². The summed E-state index contributed by atoms with van der Waals surface area (Å²) >= 11 is 1.07. The molecule has 0 aliphatic heterocycles. The van der Waals surface area contributed by atoms with Crippen LogP contribution in [0.25, 0.3) is 10.4 Å². The van der Waals surface area contributed by atoms with Gasteiger partial charge in [-0.3, -0.25) is 0 Å². The van der Waals surface area contributed by atoms with Crippen molar-refractivity contribution in [1.82, 2.24) is 4.98 Å². The number of nitrogen functional groups attached to an aromatic ring is 1. The molecule has 0 amide bonds. The number of carboxylic acid groups (broad SMARTS) is 1. The van der Waals surface area contributed by atoms with Crippen molar-refractivity contribution < 1.29 is 14.3 Å². The number of carboxylic acids is 1. The van der Waals surface area contributed by atoms with Gasteiger partial charge in [-0.25, -0.2) is 14.2 Å². The second-order valence-electron chi connectivity index (χ2n) is 3.04. The zero-order chi connectivity index (χ0) is 11.7. The average Bonchev–Trinajstić information content (AvgIpc) is 2.61. The van der Waals surface area contributed by atoms with E-state index in [1.54, 1.807) is 0 Å². The molecule has 6 heteroatoms. The van der Waals surface area contributed by atoms with Crippen molar-refractivity contribution in [1.29, 1.82) is 0 Å². The standard InChI is InChI=1S/C10H7FN2O2S/c11-6-3-1-5(2-4-6)8-7(9(14)15)13-10(12)16-8/h1-4H,(H2,12,13)(H,14,15). The van der Waals surface area contributed by atoms with Gasteiger partial charge in [-0.05, 0) is 17.7 Å². The first-order chi connectivity index (χ1) is 7.58. The number of thiazole rings is 1. The molecule has 0 atom stereocenters. The predicted octanol–water partition coefficient (Wildman–Crippen LogP) is 2.23. The van der Waals surface area contributed by atoms with E-state index in [4.69, 9.17) is 10.8 Å². The van der Waals surface area contributed by atoms with E-state index in [2.05, 4.69) is 4.98 Å². The van der Waals surface area contributed by atoms with Crippen LogP contribution in [0.1, 0.15) is 10.5 Å². The van der Waals surface area contributed by atoms with Crippen LogP contribution in [-0.2, 0) is 0 Å². The summed E-state index contributed by atoms with van der Waals surface area (Å²) in [7, 11) is 0. The predicted molar refractivity (Wildman–Crippen MR) is 58.9 cm³/mol. The normalized spacial score (nSPS) is 10.3. The van der Waals surface area contributed by atoms with Crippen LogP contribution < -0.4 is 5.73 Å². The molecule has 2 aromatic rings. The van der Waals surface area contributed by atoms with E-state index in [1.165, 1.54) is 24.3 Å². The van der Waals surface area contributed by atoms with Gasteiger partial charge >= 0.3 is 5.97 Å². The molecule has 1 aromatic carbocycles. The number of hydrogen-bond donors (Lipinski definition) is 2. The minimum atomic E-state index is -1.15. The molecule has 0 saturated heterocycles. The lowest BCUT2D eigenvalue weighted by molar-refractivity contribution is 0.0692. The Labute approximate surface area is 94.2 Å². The van der Waals surface area contributed by atoms with E-state index >= 15 is 0 Å². The van der Waals surface area contributed by atoms with Gasteiger partial charge in [0.25, 0.3) is 0 Å². The Kier molecular flexibility index (Phi) is 2.57. The van der Waals surface area contributed by atoms with Crippen molar-refractivity contribution in [2.45, 2.75) is 0 Å². The molecule has 0 fully saturated rings. The molecule has 1 heterocycles. The molecule has 16 heavy (non-hydrogen) atoms. The molecule has 4 nitrogen and oxygen atoms in total. The van der Waals surface area contributed by atoms with E-state index in [0.717, 1.165) is 11.3 Å². The number of aromatic carboxylic acids is 1. The largest absolute Gasteiger partial charge is 0.476 e. The molecule has 2 rings (SSSR count). The third-order valence-corrected chi connectivity index (χ3v) is 2.89. The van der Waals surface area contributed by atoms with Gasteiger partial charge in [-0.15, -0.1) is 0 Å². The molecular weight excluding hydrogens is 231 g/mol. The highest BCUT2D eigenvalue weighted by atomic mass is 32.1. The molecule has 0 aliphatic carbocycles. The maximum Gasteiger partial charge on any atom is 0.356 e. The van der Waals surface area contributed by atoms with E-state index in [9.17, 15) is 9.18 Å². The number of nitrogens with zero attached hydrogens (tertiary/aromatic N) is 1. The summed E-state index contributed by atoms with van der Waals surface area (Å²) in [4.78, 5) is 15.0. The molecule has 0 radical (unpaired) electrons. The van der Waals surface area contributed by atoms with Crippen molar-refractivity contribution >= 4 is 22.4 Å². The van der Waals surface area contributed by atoms with Crippen LogP contribution in [0.4, 0.5) is 9.52 Å². The van der Waals surface area contributed by atoms with Gasteiger partial charge in [0.2, 0.25) is 0 Å². The van der Waals surface area contributed by atoms with Gasteiger partial charge in [0.1, 0.15) is 5.82 Å². The van der Waals surface area contributed by atoms with Gasteiger partial charge < -0.3 is 10.8 Å². The van der Waals surface area contributed by atoms with Crippen LogP contribution >= 0.6 is 11.3 Å². The van der Waals surface area contributed by atoms with Crippen molar-refractivity contribution in [2.75, 3.05) is 5.73 Å². The lowest BCUT2D eigenvalue weighted by atomic mass is 10.1. The number of hydrogen-bond acceptors (Lipinski definition) is 4. The van der Waals surface area contributed by atoms with Crippen molar-refractivity contribution in [2.24, 2.45) is 0 Å². The number of halogens is 1. The second kappa shape index (κ2) is 3.90. The van der Waals surface area contributed by atoms with Crippen molar-refractivity contribution in [3.05, 3.63) is 35.8 Å². The third kappa shape index (κ3) is 1.87. The van der Waals surface area contributed by atoms with Crippen LogP contribution in [0.15, 0.2) is 24.3 Å². The molecular formula is C10H7FN2O2S. The highest BCUT2D eigenvalue weighted by molar-refractivity contribution is 7.19. The zero-order valence-corrected chi connectivity index (χ0v) is 8.79. The first-order valence-corrected chi connectivity index (χ1v) is 5.15. The number of nitrogens with two attached hydrogens (primary N) is 1. The fourth-order valence-electron chi connectivity index (χ4n) is 1.28. The van der Waals surface area contributed by atoms with E-state index in [0.29, 0.717) is 10.4 Å². The Hall–Kier alpha value is -1.95. The molecule has 82 valence electrons. The molecule has 0 spiro atoms. The molecule has 0 saturated carbocycles. The van der Waals surface area contributed by atoms with Crippen LogP contribution in [0.2, 0.25) is 0 Å². The summed E-state index contributed by atoms with van der Waals surface area (Å²) in [6, 6.07) is 5.51. The second-order valence-corrected chi connectivity index (χ2v) is 4.07. The zero-order valence-electron chi connectivity index (χ0n) is 7.98. The van der Waals surface area contributed by atoms with Crippen molar-refractivity contribution in [3.8, 4) is 10.4 Å². The number of aromatic nitrogens is 1. The smallest absolute Gasteiger partial charge is 0.356 e. The molecule has 0 unspecified atom stereocenters. The van der Waals surface area contributed by atoms with Crippen LogP contribution in [-0.4, -0.2) is 16.1 Å². The number of anilines is 1. The lowest BCUT2D eigenvalue weighted by Crippen LogP contribution is -1.99. The van der Waals surface area contributed by atoms with Crippen LogP contribution in [0, 0.1) is 5.82 Å². The Bertz CT molecular complexity index is 536. The Morgan fingerprint density at radius 1 is 1.38 bits per heavy atom. The van der Waals surface area contributed by atoms with Crippen molar-refractivity contribution in [3.63, 3.8) is 0 Å². The monoisotopic (exact) mass is 238 g/mol. The average molecular weight is 238 g/mol. The number of rotatable bonds is 2. The minimum absolute atomic E-state index is 0.103. The van der Waals surface area contributed by atoms with E-state index in [-0.39, 0.29) is 16.6 Å². The molecule has 1 aromatic heterocycles. The summed E-state index contributed by atoms with van der Waals surface area (Å²) in [6.07, 6.45) is 0. The quantitative estimate of drug-likeness (QED) is 0.841. The highest BCUT2D eigenvalue weighted by Crippen LogP contribution is 2.31. The third-order valence-electron chi connectivity index (χ3n) is 1.95. The van der Waals surface area contributed by atoms with Gasteiger partial charge in [0.05, 0.1) is 4.88 Å². The summed E-state index contributed by atoms with van der Waals surface area (Å²) < 4.78 is 12.7. The van der Waals surface area contributed by atoms with Crippen LogP contribution in [0.5, 0.6) is 0 Å². The summed E-state index contributed by atoms with van der Waals surface area (Å²) in [5.41, 5.74) is 5.94. The topological polar surface area (TPSA) is 76.2 Å². The maximum atomic E-state index is 12.7. The number of benzene rings is 1. The Morgan fingerprint density at radius 2 is 2.00 bits per heavy atom. The first-order valence-electron chi connectivity index (χ1n) is 4.33. The lowest BCUT2D eigenvalue weighted by Gasteiger charge is -1.98. The number of carbonyl (C=O) groups is 1. The fraction of sp³-hybridized carbons (Fsp3) is 0. The SMILES string of the molecule is Nc1nc(C(=O)O)c(-c2ccc(F)cc2)s1. The molecule has 0 aliphatic rings. The van der Waals surface area contributed by atoms with Gasteiger partial charge in [-0.2, -0.15) is 0 Å². The summed E-state index contributed by atoms with van der Waals surface area (Å²) in [5.74, 6) is -1.52. The van der Waals surface area contributed by atoms with E-state index < -0.39 is 5.97 Å². The van der Waals surface area contributed by atoms with Gasteiger partial charge in [0, 0.05) is 0 Å². The molecule has 0 bridgehead atoms. The molecule has 3 N–H and O–H groups in total. The van der Waals surface area contributed by atoms with Gasteiger partial charge in [-0.1, -0.05) is 23.5 Å². The Balaban J connectivity index is 2.55. The summed E-state index contributed by atoms with van der Waals surface area (Å²) in [6.45, 7) is 0. The summed E-state index contributed by atoms with van der Waals surface area (Å²) in [5, 5.41) is 9.09. The highest BCUT2D eigenvalue weighted by Gasteiger charge is 2.17. The van der Waals surface area contributed by atoms with Crippen LogP contribution in [0.3, 0.4) is 0 Å². The van der Waals surface area contributed by atoms with E-state index in [1.807, 2.05) is 0 Å². The minimum Gasteiger partial charge on any atom is -0.476 e.